The third-order valence-electron chi connectivity index (χ3n) is 2.88. The number of anilines is 1. The fraction of sp³-hybridized carbons (Fsp3) is 0.0769. The lowest BCUT2D eigenvalue weighted by Crippen LogP contribution is -2.15. The van der Waals surface area contributed by atoms with Gasteiger partial charge in [-0.2, -0.15) is 15.4 Å². The molecule has 2 aromatic carbocycles. The fourth-order valence-corrected chi connectivity index (χ4v) is 3.28. The van der Waals surface area contributed by atoms with Gasteiger partial charge in [0.05, 0.1) is 11.4 Å². The van der Waals surface area contributed by atoms with E-state index in [-0.39, 0.29) is 5.75 Å². The molecule has 21 heavy (non-hydrogen) atoms. The SMILES string of the molecule is O=S(=O)(Cc1ccc(Cl)cc1)Nc1cccc2n[nH]nc12. The highest BCUT2D eigenvalue weighted by Crippen LogP contribution is 2.21. The number of aromatic nitrogens is 3. The minimum Gasteiger partial charge on any atom is -0.281 e. The Bertz CT molecular complexity index is 875. The first kappa shape index (κ1) is 13.8. The summed E-state index contributed by atoms with van der Waals surface area (Å²) in [5.74, 6) is -0.140. The van der Waals surface area contributed by atoms with Gasteiger partial charge in [-0.15, -0.1) is 0 Å². The molecule has 1 aromatic heterocycles. The van der Waals surface area contributed by atoms with Gasteiger partial charge in [0.1, 0.15) is 11.0 Å². The summed E-state index contributed by atoms with van der Waals surface area (Å²) in [4.78, 5) is 0. The molecule has 0 aliphatic rings. The van der Waals surface area contributed by atoms with Crippen LogP contribution in [-0.4, -0.2) is 23.8 Å². The van der Waals surface area contributed by atoms with Gasteiger partial charge in [-0.05, 0) is 29.8 Å². The van der Waals surface area contributed by atoms with Crippen LogP contribution in [0.3, 0.4) is 0 Å². The summed E-state index contributed by atoms with van der Waals surface area (Å²) in [6, 6.07) is 11.8. The average molecular weight is 323 g/mol. The average Bonchev–Trinajstić information content (AvgIpc) is 2.90. The molecule has 8 heteroatoms. The van der Waals surface area contributed by atoms with E-state index in [1.807, 2.05) is 0 Å². The molecule has 0 amide bonds. The maximum atomic E-state index is 12.2. The van der Waals surface area contributed by atoms with Crippen molar-refractivity contribution in [1.29, 1.82) is 0 Å². The Kier molecular flexibility index (Phi) is 3.52. The summed E-state index contributed by atoms with van der Waals surface area (Å²) in [5, 5.41) is 10.9. The quantitative estimate of drug-likeness (QED) is 0.772. The zero-order valence-corrected chi connectivity index (χ0v) is 12.3. The van der Waals surface area contributed by atoms with Crippen LogP contribution in [0.15, 0.2) is 42.5 Å². The van der Waals surface area contributed by atoms with Crippen molar-refractivity contribution in [3.63, 3.8) is 0 Å². The van der Waals surface area contributed by atoms with Crippen molar-refractivity contribution in [3.05, 3.63) is 53.1 Å². The van der Waals surface area contributed by atoms with Gasteiger partial charge in [0.15, 0.2) is 0 Å². The summed E-state index contributed by atoms with van der Waals surface area (Å²) in [6.07, 6.45) is 0. The molecule has 0 spiro atoms. The second kappa shape index (κ2) is 5.34. The van der Waals surface area contributed by atoms with Crippen LogP contribution in [0.4, 0.5) is 5.69 Å². The summed E-state index contributed by atoms with van der Waals surface area (Å²) < 4.78 is 27.0. The highest BCUT2D eigenvalue weighted by Gasteiger charge is 2.14. The van der Waals surface area contributed by atoms with Crippen molar-refractivity contribution < 1.29 is 8.42 Å². The number of aromatic amines is 1. The predicted molar refractivity (Wildman–Crippen MR) is 81.6 cm³/mol. The molecule has 108 valence electrons. The van der Waals surface area contributed by atoms with E-state index in [1.54, 1.807) is 42.5 Å². The molecule has 0 saturated carbocycles. The van der Waals surface area contributed by atoms with Crippen LogP contribution in [0.5, 0.6) is 0 Å². The van der Waals surface area contributed by atoms with Crippen molar-refractivity contribution >= 4 is 38.3 Å². The molecule has 0 aliphatic heterocycles. The van der Waals surface area contributed by atoms with Crippen molar-refractivity contribution in [3.8, 4) is 0 Å². The second-order valence-corrected chi connectivity index (χ2v) is 6.64. The Morgan fingerprint density at radius 3 is 2.62 bits per heavy atom. The number of para-hydroxylation sites is 1. The summed E-state index contributed by atoms with van der Waals surface area (Å²) in [5.41, 5.74) is 2.13. The van der Waals surface area contributed by atoms with E-state index in [9.17, 15) is 8.42 Å². The van der Waals surface area contributed by atoms with Crippen molar-refractivity contribution in [1.82, 2.24) is 15.4 Å². The Hall–Kier alpha value is -2.12. The number of hydrogen-bond donors (Lipinski definition) is 2. The molecule has 6 nitrogen and oxygen atoms in total. The smallest absolute Gasteiger partial charge is 0.236 e. The molecule has 3 rings (SSSR count). The number of rotatable bonds is 4. The normalized spacial score (nSPS) is 11.7. The second-order valence-electron chi connectivity index (χ2n) is 4.48. The Morgan fingerprint density at radius 2 is 1.86 bits per heavy atom. The fourth-order valence-electron chi connectivity index (χ4n) is 1.95. The summed E-state index contributed by atoms with van der Waals surface area (Å²) in [7, 11) is -3.54. The van der Waals surface area contributed by atoms with Gasteiger partial charge in [-0.25, -0.2) is 8.42 Å². The predicted octanol–water partition coefficient (Wildman–Crippen LogP) is 2.55. The van der Waals surface area contributed by atoms with E-state index in [1.165, 1.54) is 0 Å². The monoisotopic (exact) mass is 322 g/mol. The lowest BCUT2D eigenvalue weighted by atomic mass is 10.2. The van der Waals surface area contributed by atoms with E-state index in [4.69, 9.17) is 11.6 Å². The van der Waals surface area contributed by atoms with Crippen LogP contribution in [-0.2, 0) is 15.8 Å². The Labute approximate surface area is 126 Å². The van der Waals surface area contributed by atoms with Crippen LogP contribution >= 0.6 is 11.6 Å². The van der Waals surface area contributed by atoms with E-state index in [0.717, 1.165) is 0 Å². The molecule has 2 N–H and O–H groups in total. The topological polar surface area (TPSA) is 87.7 Å². The Balaban J connectivity index is 1.86. The minimum atomic E-state index is -3.54. The van der Waals surface area contributed by atoms with Gasteiger partial charge in [-0.3, -0.25) is 4.72 Å². The molecule has 0 unspecified atom stereocenters. The standard InChI is InChI=1S/C13H11ClN4O2S/c14-10-6-4-9(5-7-10)8-21(19,20)17-12-3-1-2-11-13(12)16-18-15-11/h1-7,17H,8H2,(H,15,16,18). The highest BCUT2D eigenvalue weighted by atomic mass is 35.5. The first-order valence-corrected chi connectivity index (χ1v) is 8.11. The van der Waals surface area contributed by atoms with Gasteiger partial charge >= 0.3 is 0 Å². The molecule has 0 fully saturated rings. The highest BCUT2D eigenvalue weighted by molar-refractivity contribution is 7.91. The number of hydrogen-bond acceptors (Lipinski definition) is 4. The molecule has 0 bridgehead atoms. The van der Waals surface area contributed by atoms with Gasteiger partial charge in [0.2, 0.25) is 10.0 Å². The van der Waals surface area contributed by atoms with Gasteiger partial charge in [0.25, 0.3) is 0 Å². The van der Waals surface area contributed by atoms with Crippen LogP contribution in [0, 0.1) is 0 Å². The molecule has 0 aliphatic carbocycles. The molecule has 1 heterocycles. The summed E-state index contributed by atoms with van der Waals surface area (Å²) in [6.45, 7) is 0. The maximum absolute atomic E-state index is 12.2. The molecule has 0 saturated heterocycles. The first-order valence-electron chi connectivity index (χ1n) is 6.08. The third-order valence-corrected chi connectivity index (χ3v) is 4.38. The van der Waals surface area contributed by atoms with Crippen LogP contribution in [0.25, 0.3) is 11.0 Å². The number of benzene rings is 2. The summed E-state index contributed by atoms with van der Waals surface area (Å²) >= 11 is 5.78. The molecule has 3 aromatic rings. The first-order chi connectivity index (χ1) is 10.0. The minimum absolute atomic E-state index is 0.140. The van der Waals surface area contributed by atoms with Gasteiger partial charge < -0.3 is 0 Å². The lowest BCUT2D eigenvalue weighted by molar-refractivity contribution is 0.600. The number of halogens is 1. The van der Waals surface area contributed by atoms with Crippen molar-refractivity contribution in [2.45, 2.75) is 5.75 Å². The third kappa shape index (κ3) is 3.14. The van der Waals surface area contributed by atoms with E-state index in [0.29, 0.717) is 27.3 Å². The van der Waals surface area contributed by atoms with E-state index >= 15 is 0 Å². The molecular formula is C13H11ClN4O2S. The number of H-pyrrole nitrogens is 1. The van der Waals surface area contributed by atoms with E-state index in [2.05, 4.69) is 20.1 Å². The molecule has 0 atom stereocenters. The molecule has 0 radical (unpaired) electrons. The van der Waals surface area contributed by atoms with Gasteiger partial charge in [-0.1, -0.05) is 29.8 Å². The van der Waals surface area contributed by atoms with Crippen LogP contribution < -0.4 is 4.72 Å². The van der Waals surface area contributed by atoms with Crippen LogP contribution in [0.1, 0.15) is 5.56 Å². The van der Waals surface area contributed by atoms with E-state index < -0.39 is 10.0 Å². The number of nitrogens with zero attached hydrogens (tertiary/aromatic N) is 2. The lowest BCUT2D eigenvalue weighted by Gasteiger charge is -2.08. The molecular weight excluding hydrogens is 312 g/mol. The van der Waals surface area contributed by atoms with Crippen LogP contribution in [0.2, 0.25) is 5.02 Å². The zero-order chi connectivity index (χ0) is 14.9. The number of sulfonamides is 1. The van der Waals surface area contributed by atoms with Crippen molar-refractivity contribution in [2.75, 3.05) is 4.72 Å². The van der Waals surface area contributed by atoms with Crippen molar-refractivity contribution in [2.24, 2.45) is 0 Å². The number of fused-ring (bicyclic) bond motifs is 1. The van der Waals surface area contributed by atoms with Gasteiger partial charge in [0, 0.05) is 5.02 Å². The largest absolute Gasteiger partial charge is 0.281 e. The maximum Gasteiger partial charge on any atom is 0.236 e. The zero-order valence-electron chi connectivity index (χ0n) is 10.7. The number of nitrogens with one attached hydrogen (secondary N) is 2. The Morgan fingerprint density at radius 1 is 1.10 bits per heavy atom.